The summed E-state index contributed by atoms with van der Waals surface area (Å²) in [6.45, 7) is 1.33. The number of carbonyl (C=O) groups excluding carboxylic acids is 1. The molecule has 15 heavy (non-hydrogen) atoms. The van der Waals surface area contributed by atoms with Gasteiger partial charge in [0.1, 0.15) is 5.02 Å². The van der Waals surface area contributed by atoms with E-state index in [9.17, 15) is 14.9 Å². The molecule has 0 unspecified atom stereocenters. The van der Waals surface area contributed by atoms with Crippen molar-refractivity contribution in [3.05, 3.63) is 32.8 Å². The average molecular weight is 230 g/mol. The van der Waals surface area contributed by atoms with Gasteiger partial charge >= 0.3 is 5.69 Å². The van der Waals surface area contributed by atoms with Crippen LogP contribution in [0.15, 0.2) is 12.1 Å². The van der Waals surface area contributed by atoms with Crippen molar-refractivity contribution in [2.75, 3.05) is 7.11 Å². The fourth-order valence-corrected chi connectivity index (χ4v) is 1.53. The summed E-state index contributed by atoms with van der Waals surface area (Å²) in [6.07, 6.45) is 0. The molecule has 0 bridgehead atoms. The van der Waals surface area contributed by atoms with E-state index >= 15 is 0 Å². The van der Waals surface area contributed by atoms with E-state index in [2.05, 4.69) is 0 Å². The van der Waals surface area contributed by atoms with Crippen molar-refractivity contribution >= 4 is 23.1 Å². The first kappa shape index (κ1) is 11.5. The summed E-state index contributed by atoms with van der Waals surface area (Å²) < 4.78 is 4.80. The van der Waals surface area contributed by atoms with E-state index in [-0.39, 0.29) is 27.8 Å². The van der Waals surface area contributed by atoms with Crippen LogP contribution in [-0.4, -0.2) is 17.8 Å². The van der Waals surface area contributed by atoms with Crippen molar-refractivity contribution in [1.29, 1.82) is 0 Å². The quantitative estimate of drug-likeness (QED) is 0.454. The standard InChI is InChI=1S/C9H8ClNO4/c1-5(12)6-3-4-7(11(13)14)9(15-2)8(6)10/h3-4H,1-2H3. The molecule has 0 aliphatic heterocycles. The molecule has 1 aromatic rings. The number of Topliss-reactive ketones (excluding diaryl/α,β-unsaturated/α-hetero) is 1. The van der Waals surface area contributed by atoms with Gasteiger partial charge in [0.15, 0.2) is 5.78 Å². The number of methoxy groups -OCH3 is 1. The predicted octanol–water partition coefficient (Wildman–Crippen LogP) is 2.46. The molecule has 1 aromatic carbocycles. The van der Waals surface area contributed by atoms with Gasteiger partial charge < -0.3 is 4.74 Å². The topological polar surface area (TPSA) is 69.4 Å². The van der Waals surface area contributed by atoms with Crippen molar-refractivity contribution in [1.82, 2.24) is 0 Å². The highest BCUT2D eigenvalue weighted by Gasteiger charge is 2.21. The molecule has 0 amide bonds. The number of nitro groups is 1. The monoisotopic (exact) mass is 229 g/mol. The Kier molecular flexibility index (Phi) is 3.26. The van der Waals surface area contributed by atoms with Crippen LogP contribution in [0.25, 0.3) is 0 Å². The Labute approximate surface area is 90.8 Å². The lowest BCUT2D eigenvalue weighted by Crippen LogP contribution is -1.99. The van der Waals surface area contributed by atoms with Gasteiger partial charge in [0, 0.05) is 11.6 Å². The van der Waals surface area contributed by atoms with Crippen molar-refractivity contribution in [2.45, 2.75) is 6.92 Å². The molecule has 6 heteroatoms. The van der Waals surface area contributed by atoms with Crippen molar-refractivity contribution in [3.8, 4) is 5.75 Å². The third-order valence-electron chi connectivity index (χ3n) is 1.86. The minimum Gasteiger partial charge on any atom is -0.489 e. The second-order valence-electron chi connectivity index (χ2n) is 2.79. The molecule has 0 N–H and O–H groups in total. The van der Waals surface area contributed by atoms with Crippen LogP contribution in [0, 0.1) is 10.1 Å². The summed E-state index contributed by atoms with van der Waals surface area (Å²) in [5.41, 5.74) is -0.0494. The van der Waals surface area contributed by atoms with Gasteiger partial charge in [-0.25, -0.2) is 0 Å². The Bertz CT molecular complexity index is 430. The largest absolute Gasteiger partial charge is 0.489 e. The van der Waals surface area contributed by atoms with Gasteiger partial charge in [0.2, 0.25) is 5.75 Å². The lowest BCUT2D eigenvalue weighted by molar-refractivity contribution is -0.385. The number of nitro benzene ring substituents is 1. The van der Waals surface area contributed by atoms with Crippen molar-refractivity contribution < 1.29 is 14.5 Å². The zero-order valence-electron chi connectivity index (χ0n) is 8.11. The zero-order valence-corrected chi connectivity index (χ0v) is 8.87. The normalized spacial score (nSPS) is 9.80. The van der Waals surface area contributed by atoms with E-state index in [0.717, 1.165) is 0 Å². The summed E-state index contributed by atoms with van der Waals surface area (Å²) in [6, 6.07) is 2.51. The lowest BCUT2D eigenvalue weighted by Gasteiger charge is -2.06. The molecule has 0 heterocycles. The smallest absolute Gasteiger partial charge is 0.312 e. The Morgan fingerprint density at radius 1 is 1.53 bits per heavy atom. The lowest BCUT2D eigenvalue weighted by atomic mass is 10.1. The highest BCUT2D eigenvalue weighted by atomic mass is 35.5. The fraction of sp³-hybridized carbons (Fsp3) is 0.222. The van der Waals surface area contributed by atoms with Crippen LogP contribution in [-0.2, 0) is 0 Å². The van der Waals surface area contributed by atoms with Gasteiger partial charge in [-0.05, 0) is 13.0 Å². The van der Waals surface area contributed by atoms with Crippen LogP contribution in [0.1, 0.15) is 17.3 Å². The molecule has 0 saturated carbocycles. The molecule has 5 nitrogen and oxygen atoms in total. The molecule has 0 atom stereocenters. The summed E-state index contributed by atoms with van der Waals surface area (Å²) in [4.78, 5) is 21.1. The van der Waals surface area contributed by atoms with Crippen LogP contribution in [0.5, 0.6) is 5.75 Å². The Hall–Kier alpha value is -1.62. The number of nitrogens with zero attached hydrogens (tertiary/aromatic N) is 1. The Morgan fingerprint density at radius 2 is 2.13 bits per heavy atom. The zero-order chi connectivity index (χ0) is 11.6. The molecular weight excluding hydrogens is 222 g/mol. The molecule has 0 aliphatic carbocycles. The Balaban J connectivity index is 3.45. The highest BCUT2D eigenvalue weighted by molar-refractivity contribution is 6.35. The number of hydrogen-bond acceptors (Lipinski definition) is 4. The van der Waals surface area contributed by atoms with Gasteiger partial charge in [-0.2, -0.15) is 0 Å². The maximum atomic E-state index is 11.1. The first-order chi connectivity index (χ1) is 6.99. The summed E-state index contributed by atoms with van der Waals surface area (Å²) in [5, 5.41) is 10.6. The molecule has 0 saturated heterocycles. The second-order valence-corrected chi connectivity index (χ2v) is 3.17. The number of carbonyl (C=O) groups is 1. The van der Waals surface area contributed by atoms with E-state index < -0.39 is 4.92 Å². The summed E-state index contributed by atoms with van der Waals surface area (Å²) in [5.74, 6) is -0.359. The SMILES string of the molecule is COc1c([N+](=O)[O-])ccc(C(C)=O)c1Cl. The number of halogens is 1. The summed E-state index contributed by atoms with van der Waals surface area (Å²) in [7, 11) is 1.26. The maximum Gasteiger partial charge on any atom is 0.312 e. The van der Waals surface area contributed by atoms with E-state index in [4.69, 9.17) is 16.3 Å². The number of hydrogen-bond donors (Lipinski definition) is 0. The third-order valence-corrected chi connectivity index (χ3v) is 2.23. The number of ketones is 1. The fourth-order valence-electron chi connectivity index (χ4n) is 1.16. The molecule has 0 fully saturated rings. The average Bonchev–Trinajstić information content (AvgIpc) is 2.16. The van der Waals surface area contributed by atoms with Gasteiger partial charge in [-0.1, -0.05) is 11.6 Å². The molecule has 0 spiro atoms. The molecule has 0 radical (unpaired) electrons. The van der Waals surface area contributed by atoms with Gasteiger partial charge in [0.05, 0.1) is 12.0 Å². The second kappa shape index (κ2) is 4.27. The van der Waals surface area contributed by atoms with Gasteiger partial charge in [-0.15, -0.1) is 0 Å². The maximum absolute atomic E-state index is 11.1. The summed E-state index contributed by atoms with van der Waals surface area (Å²) >= 11 is 5.80. The number of ether oxygens (including phenoxy) is 1. The van der Waals surface area contributed by atoms with Crippen molar-refractivity contribution in [3.63, 3.8) is 0 Å². The molecule has 0 aliphatic rings. The molecule has 0 aromatic heterocycles. The van der Waals surface area contributed by atoms with Crippen LogP contribution < -0.4 is 4.74 Å². The van der Waals surface area contributed by atoms with Crippen LogP contribution in [0.4, 0.5) is 5.69 Å². The first-order valence-electron chi connectivity index (χ1n) is 4.00. The molecule has 1 rings (SSSR count). The number of benzene rings is 1. The van der Waals surface area contributed by atoms with Crippen LogP contribution >= 0.6 is 11.6 Å². The van der Waals surface area contributed by atoms with Crippen LogP contribution in [0.3, 0.4) is 0 Å². The van der Waals surface area contributed by atoms with E-state index in [1.807, 2.05) is 0 Å². The van der Waals surface area contributed by atoms with E-state index in [0.29, 0.717) is 0 Å². The Morgan fingerprint density at radius 3 is 2.53 bits per heavy atom. The van der Waals surface area contributed by atoms with Gasteiger partial charge in [0.25, 0.3) is 0 Å². The van der Waals surface area contributed by atoms with Crippen molar-refractivity contribution in [2.24, 2.45) is 0 Å². The minimum atomic E-state index is -0.616. The van der Waals surface area contributed by atoms with E-state index in [1.165, 1.54) is 26.2 Å². The molecular formula is C9H8ClNO4. The highest BCUT2D eigenvalue weighted by Crippen LogP contribution is 2.37. The minimum absolute atomic E-state index is 0.0285. The predicted molar refractivity (Wildman–Crippen MR) is 54.7 cm³/mol. The first-order valence-corrected chi connectivity index (χ1v) is 4.38. The van der Waals surface area contributed by atoms with Crippen LogP contribution in [0.2, 0.25) is 5.02 Å². The van der Waals surface area contributed by atoms with Gasteiger partial charge in [-0.3, -0.25) is 14.9 Å². The van der Waals surface area contributed by atoms with E-state index in [1.54, 1.807) is 0 Å². The third kappa shape index (κ3) is 2.07. The molecule has 80 valence electrons. The number of rotatable bonds is 3.